The molecular weight excluding hydrogens is 360 g/mol. The Morgan fingerprint density at radius 3 is 2.70 bits per heavy atom. The molecule has 1 N–H and O–H groups in total. The Hall–Kier alpha value is -2.44. The van der Waals surface area contributed by atoms with E-state index in [-0.39, 0.29) is 18.1 Å². The standard InChI is InChI=1S/C21H24N2O3S/c1-4-23(13-20(24)22-11-17-6-5-7-27-17)12-16-10-21(25)26-19-9-15(3)14(2)8-18(16)19/h5-10H,4,11-13H2,1-3H3,(H,22,24). The molecule has 0 saturated carbocycles. The third-order valence-corrected chi connectivity index (χ3v) is 5.57. The molecule has 3 rings (SSSR count). The lowest BCUT2D eigenvalue weighted by atomic mass is 10.0. The van der Waals surface area contributed by atoms with Gasteiger partial charge in [-0.1, -0.05) is 13.0 Å². The first-order chi connectivity index (χ1) is 13.0. The summed E-state index contributed by atoms with van der Waals surface area (Å²) in [5.74, 6) is -0.0236. The molecule has 0 aliphatic rings. The number of nitrogens with zero attached hydrogens (tertiary/aromatic N) is 1. The Balaban J connectivity index is 1.74. The number of nitrogens with one attached hydrogen (secondary N) is 1. The fourth-order valence-electron chi connectivity index (χ4n) is 2.99. The van der Waals surface area contributed by atoms with E-state index in [1.807, 2.05) is 55.3 Å². The van der Waals surface area contributed by atoms with E-state index in [2.05, 4.69) is 5.32 Å². The monoisotopic (exact) mass is 384 g/mol. The van der Waals surface area contributed by atoms with Gasteiger partial charge in [-0.25, -0.2) is 4.79 Å². The van der Waals surface area contributed by atoms with E-state index >= 15 is 0 Å². The van der Waals surface area contributed by atoms with E-state index in [0.717, 1.165) is 27.0 Å². The van der Waals surface area contributed by atoms with Crippen LogP contribution in [-0.4, -0.2) is 23.9 Å². The molecule has 1 amide bonds. The van der Waals surface area contributed by atoms with E-state index in [9.17, 15) is 9.59 Å². The van der Waals surface area contributed by atoms with Gasteiger partial charge in [0.25, 0.3) is 0 Å². The number of benzene rings is 1. The molecule has 1 aromatic carbocycles. The highest BCUT2D eigenvalue weighted by Gasteiger charge is 2.14. The molecule has 0 radical (unpaired) electrons. The summed E-state index contributed by atoms with van der Waals surface area (Å²) in [6.45, 7) is 8.11. The van der Waals surface area contributed by atoms with Crippen molar-refractivity contribution in [3.63, 3.8) is 0 Å². The maximum absolute atomic E-state index is 12.3. The van der Waals surface area contributed by atoms with Crippen LogP contribution in [0, 0.1) is 13.8 Å². The Labute approximate surface area is 162 Å². The number of carbonyl (C=O) groups is 1. The van der Waals surface area contributed by atoms with E-state index in [1.54, 1.807) is 11.3 Å². The van der Waals surface area contributed by atoms with Crippen LogP contribution in [-0.2, 0) is 17.9 Å². The van der Waals surface area contributed by atoms with Crippen LogP contribution in [0.25, 0.3) is 11.0 Å². The van der Waals surface area contributed by atoms with Crippen LogP contribution in [0.4, 0.5) is 0 Å². The predicted molar refractivity (Wildman–Crippen MR) is 109 cm³/mol. The van der Waals surface area contributed by atoms with E-state index in [0.29, 0.717) is 25.2 Å². The lowest BCUT2D eigenvalue weighted by Gasteiger charge is -2.20. The SMILES string of the molecule is CCN(CC(=O)NCc1cccs1)Cc1cc(=O)oc2cc(C)c(C)cc12. The van der Waals surface area contributed by atoms with Crippen LogP contribution < -0.4 is 10.9 Å². The summed E-state index contributed by atoms with van der Waals surface area (Å²) in [4.78, 5) is 27.4. The summed E-state index contributed by atoms with van der Waals surface area (Å²) in [7, 11) is 0. The molecule has 6 heteroatoms. The second kappa shape index (κ2) is 8.50. The van der Waals surface area contributed by atoms with Gasteiger partial charge in [0.15, 0.2) is 0 Å². The molecule has 2 aromatic heterocycles. The van der Waals surface area contributed by atoms with Gasteiger partial charge in [0.1, 0.15) is 5.58 Å². The molecule has 0 fully saturated rings. The van der Waals surface area contributed by atoms with Gasteiger partial charge in [0, 0.05) is 22.9 Å². The summed E-state index contributed by atoms with van der Waals surface area (Å²) in [6.07, 6.45) is 0. The number of amides is 1. The summed E-state index contributed by atoms with van der Waals surface area (Å²) in [5.41, 5.74) is 3.35. The first kappa shape index (κ1) is 19.3. The van der Waals surface area contributed by atoms with Crippen LogP contribution in [0.3, 0.4) is 0 Å². The number of rotatable bonds is 7. The molecule has 0 unspecified atom stereocenters. The second-order valence-corrected chi connectivity index (χ2v) is 7.71. The number of hydrogen-bond donors (Lipinski definition) is 1. The van der Waals surface area contributed by atoms with Crippen LogP contribution in [0.5, 0.6) is 0 Å². The second-order valence-electron chi connectivity index (χ2n) is 6.68. The molecule has 2 heterocycles. The summed E-state index contributed by atoms with van der Waals surface area (Å²) in [6, 6.07) is 9.46. The van der Waals surface area contributed by atoms with Crippen molar-refractivity contribution < 1.29 is 9.21 Å². The third kappa shape index (κ3) is 4.84. The molecule has 0 bridgehead atoms. The largest absolute Gasteiger partial charge is 0.423 e. The fourth-order valence-corrected chi connectivity index (χ4v) is 3.64. The van der Waals surface area contributed by atoms with Crippen molar-refractivity contribution in [2.45, 2.75) is 33.9 Å². The normalized spacial score (nSPS) is 11.3. The maximum atomic E-state index is 12.3. The van der Waals surface area contributed by atoms with Crippen LogP contribution in [0.15, 0.2) is 44.9 Å². The van der Waals surface area contributed by atoms with Gasteiger partial charge in [-0.2, -0.15) is 0 Å². The first-order valence-corrected chi connectivity index (χ1v) is 9.89. The Bertz CT molecular complexity index is 993. The molecule has 5 nitrogen and oxygen atoms in total. The minimum absolute atomic E-state index is 0.0236. The molecule has 0 aliphatic heterocycles. The highest BCUT2D eigenvalue weighted by atomic mass is 32.1. The van der Waals surface area contributed by atoms with Crippen molar-refractivity contribution in [2.75, 3.05) is 13.1 Å². The average molecular weight is 385 g/mol. The zero-order valence-corrected chi connectivity index (χ0v) is 16.7. The van der Waals surface area contributed by atoms with Gasteiger partial charge in [0.2, 0.25) is 5.91 Å². The molecule has 0 aliphatic carbocycles. The lowest BCUT2D eigenvalue weighted by Crippen LogP contribution is -2.36. The molecule has 27 heavy (non-hydrogen) atoms. The average Bonchev–Trinajstić information content (AvgIpc) is 3.14. The number of aryl methyl sites for hydroxylation is 2. The Morgan fingerprint density at radius 1 is 1.22 bits per heavy atom. The zero-order chi connectivity index (χ0) is 19.4. The highest BCUT2D eigenvalue weighted by molar-refractivity contribution is 7.09. The third-order valence-electron chi connectivity index (χ3n) is 4.69. The van der Waals surface area contributed by atoms with Crippen molar-refractivity contribution in [3.05, 3.63) is 67.7 Å². The van der Waals surface area contributed by atoms with E-state index in [1.165, 1.54) is 6.07 Å². The summed E-state index contributed by atoms with van der Waals surface area (Å²) >= 11 is 1.62. The van der Waals surface area contributed by atoms with Gasteiger partial charge in [-0.15, -0.1) is 11.3 Å². The minimum atomic E-state index is -0.362. The number of fused-ring (bicyclic) bond motifs is 1. The fraction of sp³-hybridized carbons (Fsp3) is 0.333. The first-order valence-electron chi connectivity index (χ1n) is 9.01. The quantitative estimate of drug-likeness (QED) is 0.632. The Kier molecular flexibility index (Phi) is 6.08. The van der Waals surface area contributed by atoms with Gasteiger partial charge in [0.05, 0.1) is 13.1 Å². The zero-order valence-electron chi connectivity index (χ0n) is 15.9. The summed E-state index contributed by atoms with van der Waals surface area (Å²) < 4.78 is 5.36. The van der Waals surface area contributed by atoms with E-state index < -0.39 is 0 Å². The van der Waals surface area contributed by atoms with Crippen molar-refractivity contribution >= 4 is 28.2 Å². The van der Waals surface area contributed by atoms with Crippen molar-refractivity contribution in [2.24, 2.45) is 0 Å². The van der Waals surface area contributed by atoms with Crippen molar-refractivity contribution in [3.8, 4) is 0 Å². The molecule has 142 valence electrons. The number of likely N-dealkylation sites (N-methyl/N-ethyl adjacent to an activating group) is 1. The van der Waals surface area contributed by atoms with Gasteiger partial charge < -0.3 is 9.73 Å². The Morgan fingerprint density at radius 2 is 2.00 bits per heavy atom. The van der Waals surface area contributed by atoms with E-state index in [4.69, 9.17) is 4.42 Å². The van der Waals surface area contributed by atoms with Crippen LogP contribution in [0.2, 0.25) is 0 Å². The molecule has 3 aromatic rings. The van der Waals surface area contributed by atoms with Gasteiger partial charge >= 0.3 is 5.63 Å². The smallest absolute Gasteiger partial charge is 0.336 e. The van der Waals surface area contributed by atoms with Crippen molar-refractivity contribution in [1.82, 2.24) is 10.2 Å². The predicted octanol–water partition coefficient (Wildman–Crippen LogP) is 3.61. The van der Waals surface area contributed by atoms with Gasteiger partial charge in [-0.05, 0) is 60.7 Å². The van der Waals surface area contributed by atoms with Crippen LogP contribution in [0.1, 0.15) is 28.5 Å². The number of carbonyl (C=O) groups excluding carboxylic acids is 1. The topological polar surface area (TPSA) is 62.6 Å². The maximum Gasteiger partial charge on any atom is 0.336 e. The van der Waals surface area contributed by atoms with Crippen LogP contribution >= 0.6 is 11.3 Å². The number of thiophene rings is 1. The molecule has 0 saturated heterocycles. The minimum Gasteiger partial charge on any atom is -0.423 e. The van der Waals surface area contributed by atoms with Crippen molar-refractivity contribution in [1.29, 1.82) is 0 Å². The highest BCUT2D eigenvalue weighted by Crippen LogP contribution is 2.22. The lowest BCUT2D eigenvalue weighted by molar-refractivity contribution is -0.122. The molecule has 0 spiro atoms. The summed E-state index contributed by atoms with van der Waals surface area (Å²) in [5, 5.41) is 5.87. The molecular formula is C21H24N2O3S. The molecule has 0 atom stereocenters. The van der Waals surface area contributed by atoms with Gasteiger partial charge in [-0.3, -0.25) is 9.69 Å². The number of hydrogen-bond acceptors (Lipinski definition) is 5.